The van der Waals surface area contributed by atoms with Crippen molar-refractivity contribution >= 4 is 11.9 Å². The summed E-state index contributed by atoms with van der Waals surface area (Å²) in [5.74, 6) is 0.172. The molecule has 0 spiro atoms. The van der Waals surface area contributed by atoms with Crippen molar-refractivity contribution in [3.63, 3.8) is 0 Å². The van der Waals surface area contributed by atoms with Crippen molar-refractivity contribution in [2.24, 2.45) is 5.92 Å². The molecule has 0 aliphatic heterocycles. The van der Waals surface area contributed by atoms with E-state index in [9.17, 15) is 9.59 Å². The lowest BCUT2D eigenvalue weighted by Crippen LogP contribution is -2.10. The molecule has 4 heteroatoms. The fraction of sp³-hybridized carbons (Fsp3) is 0.900. The summed E-state index contributed by atoms with van der Waals surface area (Å²) in [5.41, 5.74) is 0. The van der Waals surface area contributed by atoms with Crippen LogP contribution in [0.4, 0.5) is 0 Å². The second-order valence-electron chi connectivity index (χ2n) is 6.72. The summed E-state index contributed by atoms with van der Waals surface area (Å²) >= 11 is 0. The largest absolute Gasteiger partial charge is 0.466 e. The molecule has 0 heterocycles. The van der Waals surface area contributed by atoms with Crippen LogP contribution < -0.4 is 0 Å². The number of ether oxygens (including phenoxy) is 2. The van der Waals surface area contributed by atoms with Crippen LogP contribution in [-0.4, -0.2) is 25.2 Å². The Balaban J connectivity index is 3.38. The summed E-state index contributed by atoms with van der Waals surface area (Å²) in [7, 11) is 0. The van der Waals surface area contributed by atoms with Gasteiger partial charge in [-0.05, 0) is 25.2 Å². The molecule has 0 aliphatic carbocycles. The highest BCUT2D eigenvalue weighted by Gasteiger charge is 2.08. The first-order valence-corrected chi connectivity index (χ1v) is 9.91. The van der Waals surface area contributed by atoms with Gasteiger partial charge < -0.3 is 9.47 Å². The predicted molar refractivity (Wildman–Crippen MR) is 97.8 cm³/mol. The first-order chi connectivity index (χ1) is 11.6. The van der Waals surface area contributed by atoms with Crippen LogP contribution in [0.1, 0.15) is 97.8 Å². The number of unbranched alkanes of at least 4 members (excludes halogenated alkanes) is 6. The van der Waals surface area contributed by atoms with Gasteiger partial charge >= 0.3 is 11.9 Å². The molecule has 0 saturated heterocycles. The minimum Gasteiger partial charge on any atom is -0.466 e. The SMILES string of the molecule is CCCCCCCCCOC(=O)CCCC(=O)OCCC(C)CC. The topological polar surface area (TPSA) is 52.6 Å². The molecule has 0 aromatic carbocycles. The standard InChI is InChI=1S/C20H38O4/c1-4-6-7-8-9-10-11-16-23-19(21)13-12-14-20(22)24-17-15-18(3)5-2/h18H,4-17H2,1-3H3. The minimum atomic E-state index is -0.210. The molecule has 0 rings (SSSR count). The molecule has 0 aromatic heterocycles. The number of hydrogen-bond donors (Lipinski definition) is 0. The van der Waals surface area contributed by atoms with Crippen LogP contribution >= 0.6 is 0 Å². The molecular formula is C20H38O4. The van der Waals surface area contributed by atoms with Gasteiger partial charge in [-0.3, -0.25) is 9.59 Å². The Bertz CT molecular complexity index is 315. The second kappa shape index (κ2) is 16.8. The Hall–Kier alpha value is -1.06. The number of esters is 2. The van der Waals surface area contributed by atoms with Gasteiger partial charge in [0.2, 0.25) is 0 Å². The average Bonchev–Trinajstić information content (AvgIpc) is 2.57. The molecule has 4 nitrogen and oxygen atoms in total. The lowest BCUT2D eigenvalue weighted by atomic mass is 10.1. The summed E-state index contributed by atoms with van der Waals surface area (Å²) in [5, 5.41) is 0. The summed E-state index contributed by atoms with van der Waals surface area (Å²) in [6.45, 7) is 7.48. The lowest BCUT2D eigenvalue weighted by molar-refractivity contribution is -0.145. The summed E-state index contributed by atoms with van der Waals surface area (Å²) in [6.07, 6.45) is 11.6. The van der Waals surface area contributed by atoms with Crippen molar-refractivity contribution in [2.45, 2.75) is 97.8 Å². The van der Waals surface area contributed by atoms with Gasteiger partial charge in [-0.15, -0.1) is 0 Å². The molecule has 24 heavy (non-hydrogen) atoms. The fourth-order valence-corrected chi connectivity index (χ4v) is 2.34. The number of hydrogen-bond acceptors (Lipinski definition) is 4. The minimum absolute atomic E-state index is 0.201. The Morgan fingerprint density at radius 1 is 0.750 bits per heavy atom. The van der Waals surface area contributed by atoms with Crippen molar-refractivity contribution < 1.29 is 19.1 Å². The summed E-state index contributed by atoms with van der Waals surface area (Å²) in [4.78, 5) is 23.1. The Morgan fingerprint density at radius 3 is 1.88 bits per heavy atom. The molecule has 0 bridgehead atoms. The molecule has 0 amide bonds. The molecule has 0 fully saturated rings. The Labute approximate surface area is 148 Å². The van der Waals surface area contributed by atoms with E-state index in [1.165, 1.54) is 32.1 Å². The highest BCUT2D eigenvalue weighted by molar-refractivity contribution is 5.72. The number of rotatable bonds is 16. The normalized spacial score (nSPS) is 12.0. The fourth-order valence-electron chi connectivity index (χ4n) is 2.34. The van der Waals surface area contributed by atoms with E-state index in [0.717, 1.165) is 25.7 Å². The third-order valence-electron chi connectivity index (χ3n) is 4.34. The summed E-state index contributed by atoms with van der Waals surface area (Å²) < 4.78 is 10.3. The van der Waals surface area contributed by atoms with Crippen LogP contribution in [-0.2, 0) is 19.1 Å². The average molecular weight is 343 g/mol. The van der Waals surface area contributed by atoms with E-state index in [2.05, 4.69) is 20.8 Å². The van der Waals surface area contributed by atoms with E-state index >= 15 is 0 Å². The molecule has 0 aliphatic rings. The van der Waals surface area contributed by atoms with Crippen LogP contribution in [0, 0.1) is 5.92 Å². The smallest absolute Gasteiger partial charge is 0.305 e. The Morgan fingerprint density at radius 2 is 1.29 bits per heavy atom. The lowest BCUT2D eigenvalue weighted by Gasteiger charge is -2.09. The van der Waals surface area contributed by atoms with Crippen LogP contribution in [0.2, 0.25) is 0 Å². The molecule has 1 unspecified atom stereocenters. The van der Waals surface area contributed by atoms with Gasteiger partial charge in [0.25, 0.3) is 0 Å². The molecule has 0 radical (unpaired) electrons. The van der Waals surface area contributed by atoms with Gasteiger partial charge in [0.05, 0.1) is 13.2 Å². The first kappa shape index (κ1) is 22.9. The molecule has 0 N–H and O–H groups in total. The maximum absolute atomic E-state index is 11.6. The first-order valence-electron chi connectivity index (χ1n) is 9.91. The van der Waals surface area contributed by atoms with Gasteiger partial charge in [0.1, 0.15) is 0 Å². The van der Waals surface area contributed by atoms with E-state index in [-0.39, 0.29) is 11.9 Å². The van der Waals surface area contributed by atoms with Crippen molar-refractivity contribution in [3.8, 4) is 0 Å². The molecule has 1 atom stereocenters. The van der Waals surface area contributed by atoms with Crippen LogP contribution in [0.3, 0.4) is 0 Å². The zero-order valence-corrected chi connectivity index (χ0v) is 16.1. The zero-order chi connectivity index (χ0) is 18.0. The quantitative estimate of drug-likeness (QED) is 0.277. The molecule has 142 valence electrons. The highest BCUT2D eigenvalue weighted by atomic mass is 16.5. The van der Waals surface area contributed by atoms with Crippen LogP contribution in [0.25, 0.3) is 0 Å². The number of carbonyl (C=O) groups is 2. The molecule has 0 saturated carbocycles. The predicted octanol–water partition coefficient (Wildman–Crippen LogP) is 5.43. The van der Waals surface area contributed by atoms with Gasteiger partial charge in [0.15, 0.2) is 0 Å². The van der Waals surface area contributed by atoms with Crippen molar-refractivity contribution in [1.29, 1.82) is 0 Å². The van der Waals surface area contributed by atoms with E-state index in [1.54, 1.807) is 0 Å². The van der Waals surface area contributed by atoms with E-state index in [1.807, 2.05) is 0 Å². The van der Waals surface area contributed by atoms with Gasteiger partial charge in [-0.1, -0.05) is 65.7 Å². The summed E-state index contributed by atoms with van der Waals surface area (Å²) in [6, 6.07) is 0. The van der Waals surface area contributed by atoms with Crippen LogP contribution in [0.5, 0.6) is 0 Å². The van der Waals surface area contributed by atoms with Crippen molar-refractivity contribution in [1.82, 2.24) is 0 Å². The maximum atomic E-state index is 11.6. The number of carbonyl (C=O) groups excluding carboxylic acids is 2. The van der Waals surface area contributed by atoms with E-state index in [4.69, 9.17) is 9.47 Å². The van der Waals surface area contributed by atoms with E-state index < -0.39 is 0 Å². The molecule has 0 aromatic rings. The van der Waals surface area contributed by atoms with Crippen molar-refractivity contribution in [2.75, 3.05) is 13.2 Å². The monoisotopic (exact) mass is 342 g/mol. The van der Waals surface area contributed by atoms with Gasteiger partial charge in [0, 0.05) is 12.8 Å². The van der Waals surface area contributed by atoms with Gasteiger partial charge in [-0.25, -0.2) is 0 Å². The van der Waals surface area contributed by atoms with Crippen molar-refractivity contribution in [3.05, 3.63) is 0 Å². The second-order valence-corrected chi connectivity index (χ2v) is 6.72. The molecular weight excluding hydrogens is 304 g/mol. The third-order valence-corrected chi connectivity index (χ3v) is 4.34. The maximum Gasteiger partial charge on any atom is 0.305 e. The zero-order valence-electron chi connectivity index (χ0n) is 16.1. The Kier molecular flexibility index (Phi) is 16.0. The third kappa shape index (κ3) is 15.8. The highest BCUT2D eigenvalue weighted by Crippen LogP contribution is 2.08. The van der Waals surface area contributed by atoms with Gasteiger partial charge in [-0.2, -0.15) is 0 Å². The van der Waals surface area contributed by atoms with Crippen LogP contribution in [0.15, 0.2) is 0 Å². The van der Waals surface area contributed by atoms with E-state index in [0.29, 0.717) is 38.4 Å².